The van der Waals surface area contributed by atoms with Crippen molar-refractivity contribution >= 4 is 15.9 Å². The standard InChI is InChI=1S/C16H20BrN3O/c1-11(2)7-18-8-13-9-20-16(10-19-13)21-14-4-5-15(17)12(3)6-14/h4-6,9-11,18H,7-8H2,1-3H3. The first-order valence-electron chi connectivity index (χ1n) is 7.00. The second-order valence-corrected chi connectivity index (χ2v) is 6.24. The Kier molecular flexibility index (Phi) is 5.70. The Bertz CT molecular complexity index is 585. The van der Waals surface area contributed by atoms with Crippen LogP contribution in [0.4, 0.5) is 0 Å². The first-order valence-corrected chi connectivity index (χ1v) is 7.79. The van der Waals surface area contributed by atoms with Gasteiger partial charge in [-0.2, -0.15) is 0 Å². The Hall–Kier alpha value is -1.46. The zero-order valence-electron chi connectivity index (χ0n) is 12.6. The quantitative estimate of drug-likeness (QED) is 0.853. The summed E-state index contributed by atoms with van der Waals surface area (Å²) in [6.45, 7) is 8.07. The number of nitrogens with zero attached hydrogens (tertiary/aromatic N) is 2. The van der Waals surface area contributed by atoms with Gasteiger partial charge in [-0.15, -0.1) is 0 Å². The lowest BCUT2D eigenvalue weighted by Crippen LogP contribution is -2.19. The van der Waals surface area contributed by atoms with Crippen molar-refractivity contribution in [2.75, 3.05) is 6.54 Å². The molecule has 0 saturated carbocycles. The number of ether oxygens (including phenoxy) is 1. The average Bonchev–Trinajstić information content (AvgIpc) is 2.44. The third kappa shape index (κ3) is 5.10. The molecule has 1 heterocycles. The van der Waals surface area contributed by atoms with Gasteiger partial charge in [0.15, 0.2) is 0 Å². The van der Waals surface area contributed by atoms with Crippen molar-refractivity contribution in [3.05, 3.63) is 46.3 Å². The van der Waals surface area contributed by atoms with Gasteiger partial charge in [-0.1, -0.05) is 29.8 Å². The maximum absolute atomic E-state index is 5.70. The van der Waals surface area contributed by atoms with Crippen molar-refractivity contribution in [2.45, 2.75) is 27.3 Å². The van der Waals surface area contributed by atoms with Gasteiger partial charge in [0.05, 0.1) is 18.1 Å². The molecule has 0 aliphatic carbocycles. The van der Waals surface area contributed by atoms with Crippen LogP contribution in [0.25, 0.3) is 0 Å². The lowest BCUT2D eigenvalue weighted by molar-refractivity contribution is 0.457. The topological polar surface area (TPSA) is 47.0 Å². The number of aryl methyl sites for hydroxylation is 1. The van der Waals surface area contributed by atoms with Crippen LogP contribution < -0.4 is 10.1 Å². The molecule has 1 N–H and O–H groups in total. The number of benzene rings is 1. The largest absolute Gasteiger partial charge is 0.437 e. The van der Waals surface area contributed by atoms with E-state index in [4.69, 9.17) is 4.74 Å². The molecule has 0 fully saturated rings. The van der Waals surface area contributed by atoms with Crippen molar-refractivity contribution in [2.24, 2.45) is 5.92 Å². The van der Waals surface area contributed by atoms with Crippen molar-refractivity contribution in [1.29, 1.82) is 0 Å². The summed E-state index contributed by atoms with van der Waals surface area (Å²) in [5.74, 6) is 1.89. The van der Waals surface area contributed by atoms with Crippen molar-refractivity contribution in [3.63, 3.8) is 0 Å². The summed E-state index contributed by atoms with van der Waals surface area (Å²) in [5, 5.41) is 3.34. The van der Waals surface area contributed by atoms with Gasteiger partial charge in [-0.3, -0.25) is 4.98 Å². The molecule has 4 nitrogen and oxygen atoms in total. The summed E-state index contributed by atoms with van der Waals surface area (Å²) < 4.78 is 6.76. The minimum absolute atomic E-state index is 0.504. The molecule has 0 bridgehead atoms. The molecule has 1 aromatic heterocycles. The van der Waals surface area contributed by atoms with Gasteiger partial charge in [-0.25, -0.2) is 4.98 Å². The first-order chi connectivity index (χ1) is 10.0. The van der Waals surface area contributed by atoms with Crippen LogP contribution in [0.5, 0.6) is 11.6 Å². The molecule has 0 radical (unpaired) electrons. The number of hydrogen-bond donors (Lipinski definition) is 1. The third-order valence-electron chi connectivity index (χ3n) is 2.89. The second-order valence-electron chi connectivity index (χ2n) is 5.38. The van der Waals surface area contributed by atoms with Crippen molar-refractivity contribution < 1.29 is 4.74 Å². The number of rotatable bonds is 6. The molecular formula is C16H20BrN3O. The fourth-order valence-electron chi connectivity index (χ4n) is 1.78. The van der Waals surface area contributed by atoms with Gasteiger partial charge in [0, 0.05) is 11.0 Å². The molecule has 0 aliphatic heterocycles. The van der Waals surface area contributed by atoms with Gasteiger partial charge in [-0.05, 0) is 43.1 Å². The fourth-order valence-corrected chi connectivity index (χ4v) is 2.02. The van der Waals surface area contributed by atoms with Crippen LogP contribution in [0, 0.1) is 12.8 Å². The van der Waals surface area contributed by atoms with Gasteiger partial charge in [0.1, 0.15) is 5.75 Å². The Morgan fingerprint density at radius 1 is 1.24 bits per heavy atom. The summed E-state index contributed by atoms with van der Waals surface area (Å²) in [6.07, 6.45) is 3.40. The highest BCUT2D eigenvalue weighted by Gasteiger charge is 2.03. The van der Waals surface area contributed by atoms with E-state index < -0.39 is 0 Å². The second kappa shape index (κ2) is 7.52. The molecule has 1 aromatic carbocycles. The SMILES string of the molecule is Cc1cc(Oc2cnc(CNCC(C)C)cn2)ccc1Br. The summed E-state index contributed by atoms with van der Waals surface area (Å²) in [5.41, 5.74) is 2.03. The Balaban J connectivity index is 1.94. The monoisotopic (exact) mass is 349 g/mol. The van der Waals surface area contributed by atoms with E-state index in [1.807, 2.05) is 25.1 Å². The van der Waals surface area contributed by atoms with E-state index in [1.165, 1.54) is 0 Å². The normalized spacial score (nSPS) is 10.9. The van der Waals surface area contributed by atoms with Crippen LogP contribution in [0.2, 0.25) is 0 Å². The van der Waals surface area contributed by atoms with Crippen LogP contribution in [-0.2, 0) is 6.54 Å². The predicted octanol–water partition coefficient (Wildman–Crippen LogP) is 4.09. The molecular weight excluding hydrogens is 330 g/mol. The van der Waals surface area contributed by atoms with Gasteiger partial charge in [0.25, 0.3) is 0 Å². The van der Waals surface area contributed by atoms with E-state index in [0.717, 1.165) is 34.6 Å². The minimum Gasteiger partial charge on any atom is -0.437 e. The van der Waals surface area contributed by atoms with E-state index in [0.29, 0.717) is 11.8 Å². The lowest BCUT2D eigenvalue weighted by Gasteiger charge is -2.08. The van der Waals surface area contributed by atoms with Crippen LogP contribution in [-0.4, -0.2) is 16.5 Å². The summed E-state index contributed by atoms with van der Waals surface area (Å²) in [6, 6.07) is 5.82. The molecule has 0 amide bonds. The number of nitrogens with one attached hydrogen (secondary N) is 1. The Labute approximate surface area is 134 Å². The smallest absolute Gasteiger partial charge is 0.237 e. The highest BCUT2D eigenvalue weighted by Crippen LogP contribution is 2.24. The van der Waals surface area contributed by atoms with E-state index in [9.17, 15) is 0 Å². The van der Waals surface area contributed by atoms with Crippen LogP contribution >= 0.6 is 15.9 Å². The van der Waals surface area contributed by atoms with Crippen LogP contribution in [0.15, 0.2) is 35.1 Å². The van der Waals surface area contributed by atoms with E-state index in [1.54, 1.807) is 12.4 Å². The predicted molar refractivity (Wildman–Crippen MR) is 87.5 cm³/mol. The van der Waals surface area contributed by atoms with E-state index in [2.05, 4.69) is 45.1 Å². The van der Waals surface area contributed by atoms with Crippen LogP contribution in [0.1, 0.15) is 25.1 Å². The number of aromatic nitrogens is 2. The zero-order chi connectivity index (χ0) is 15.2. The first kappa shape index (κ1) is 15.9. The van der Waals surface area contributed by atoms with Gasteiger partial charge in [0.2, 0.25) is 5.88 Å². The van der Waals surface area contributed by atoms with Gasteiger partial charge < -0.3 is 10.1 Å². The summed E-state index contributed by atoms with van der Waals surface area (Å²) >= 11 is 3.47. The third-order valence-corrected chi connectivity index (χ3v) is 3.78. The summed E-state index contributed by atoms with van der Waals surface area (Å²) in [4.78, 5) is 8.64. The molecule has 0 spiro atoms. The van der Waals surface area contributed by atoms with Crippen molar-refractivity contribution in [3.8, 4) is 11.6 Å². The molecule has 0 unspecified atom stereocenters. The molecule has 0 saturated heterocycles. The van der Waals surface area contributed by atoms with Crippen molar-refractivity contribution in [1.82, 2.24) is 15.3 Å². The molecule has 0 atom stereocenters. The Morgan fingerprint density at radius 2 is 2.05 bits per heavy atom. The molecule has 21 heavy (non-hydrogen) atoms. The lowest BCUT2D eigenvalue weighted by atomic mass is 10.2. The highest BCUT2D eigenvalue weighted by molar-refractivity contribution is 9.10. The maximum atomic E-state index is 5.70. The van der Waals surface area contributed by atoms with Crippen LogP contribution in [0.3, 0.4) is 0 Å². The van der Waals surface area contributed by atoms with Gasteiger partial charge >= 0.3 is 0 Å². The molecule has 0 aliphatic rings. The fraction of sp³-hybridized carbons (Fsp3) is 0.375. The number of hydrogen-bond acceptors (Lipinski definition) is 4. The maximum Gasteiger partial charge on any atom is 0.237 e. The molecule has 2 aromatic rings. The molecule has 2 rings (SSSR count). The van der Waals surface area contributed by atoms with E-state index in [-0.39, 0.29) is 0 Å². The minimum atomic E-state index is 0.504. The highest BCUT2D eigenvalue weighted by atomic mass is 79.9. The molecule has 5 heteroatoms. The zero-order valence-corrected chi connectivity index (χ0v) is 14.1. The average molecular weight is 350 g/mol. The Morgan fingerprint density at radius 3 is 2.67 bits per heavy atom. The summed E-state index contributed by atoms with van der Waals surface area (Å²) in [7, 11) is 0. The number of halogens is 1. The van der Waals surface area contributed by atoms with E-state index >= 15 is 0 Å². The molecule has 112 valence electrons.